The molecule has 2 amide bonds. The fourth-order valence-corrected chi connectivity index (χ4v) is 4.11. The van der Waals surface area contributed by atoms with Gasteiger partial charge < -0.3 is 19.6 Å². The molecule has 0 saturated carbocycles. The van der Waals surface area contributed by atoms with Gasteiger partial charge in [-0.25, -0.2) is 4.98 Å². The van der Waals surface area contributed by atoms with E-state index in [1.165, 1.54) is 0 Å². The van der Waals surface area contributed by atoms with Crippen molar-refractivity contribution >= 4 is 23.3 Å². The van der Waals surface area contributed by atoms with E-state index in [9.17, 15) is 9.59 Å². The van der Waals surface area contributed by atoms with Crippen LogP contribution in [0.1, 0.15) is 52.3 Å². The van der Waals surface area contributed by atoms with Crippen LogP contribution >= 0.6 is 0 Å². The van der Waals surface area contributed by atoms with Crippen LogP contribution in [0.25, 0.3) is 0 Å². The number of carbonyl (C=O) groups is 2. The average Bonchev–Trinajstić information content (AvgIpc) is 3.13. The molecule has 2 aromatic heterocycles. The molecular formula is C24H27N5O3. The quantitative estimate of drug-likeness (QED) is 0.635. The fourth-order valence-electron chi connectivity index (χ4n) is 4.11. The number of fused-ring (bicyclic) bond motifs is 1. The van der Waals surface area contributed by atoms with E-state index in [-0.39, 0.29) is 24.4 Å². The first-order valence-electron chi connectivity index (χ1n) is 10.7. The lowest BCUT2D eigenvalue weighted by Gasteiger charge is -2.31. The van der Waals surface area contributed by atoms with Gasteiger partial charge in [0.05, 0.1) is 36.1 Å². The van der Waals surface area contributed by atoms with Crippen LogP contribution in [-0.2, 0) is 11.3 Å². The van der Waals surface area contributed by atoms with Crippen LogP contribution < -0.4 is 10.2 Å². The molecule has 8 heteroatoms. The lowest BCUT2D eigenvalue weighted by Crippen LogP contribution is -2.40. The maximum Gasteiger partial charge on any atom is 0.255 e. The van der Waals surface area contributed by atoms with Crippen LogP contribution in [0.15, 0.2) is 47.1 Å². The van der Waals surface area contributed by atoms with E-state index < -0.39 is 0 Å². The Labute approximate surface area is 187 Å². The number of benzene rings is 1. The van der Waals surface area contributed by atoms with Crippen molar-refractivity contribution in [1.29, 1.82) is 0 Å². The van der Waals surface area contributed by atoms with Gasteiger partial charge in [0, 0.05) is 18.8 Å². The highest BCUT2D eigenvalue weighted by atomic mass is 16.5. The number of nitrogens with zero attached hydrogens (tertiary/aromatic N) is 4. The van der Waals surface area contributed by atoms with Crippen LogP contribution in [0.4, 0.5) is 11.5 Å². The van der Waals surface area contributed by atoms with E-state index in [1.807, 2.05) is 44.2 Å². The molecule has 0 radical (unpaired) electrons. The Balaban J connectivity index is 1.65. The van der Waals surface area contributed by atoms with Crippen molar-refractivity contribution < 1.29 is 14.1 Å². The van der Waals surface area contributed by atoms with Gasteiger partial charge in [0.2, 0.25) is 5.91 Å². The van der Waals surface area contributed by atoms with E-state index in [0.717, 1.165) is 23.2 Å². The van der Waals surface area contributed by atoms with E-state index in [1.54, 1.807) is 29.1 Å². The third-order valence-corrected chi connectivity index (χ3v) is 5.97. The Bertz CT molecular complexity index is 1120. The second-order valence-electron chi connectivity index (χ2n) is 7.98. The largest absolute Gasteiger partial charge is 0.361 e. The van der Waals surface area contributed by atoms with Gasteiger partial charge in [0.15, 0.2) is 5.82 Å². The maximum atomic E-state index is 13.4. The molecule has 1 aliphatic heterocycles. The van der Waals surface area contributed by atoms with Gasteiger partial charge in [-0.1, -0.05) is 42.4 Å². The molecule has 0 saturated heterocycles. The third-order valence-electron chi connectivity index (χ3n) is 5.97. The zero-order valence-electron chi connectivity index (χ0n) is 18.8. The molecule has 32 heavy (non-hydrogen) atoms. The molecule has 3 aromatic rings. The van der Waals surface area contributed by atoms with Crippen molar-refractivity contribution in [3.05, 3.63) is 70.7 Å². The lowest BCUT2D eigenvalue weighted by atomic mass is 10.0. The minimum atomic E-state index is -0.147. The van der Waals surface area contributed by atoms with Gasteiger partial charge in [0.1, 0.15) is 5.76 Å². The van der Waals surface area contributed by atoms with Gasteiger partial charge in [-0.15, -0.1) is 0 Å². The number of carbonyl (C=O) groups excluding carboxylic acids is 2. The SMILES string of the molecule is CCC(c1ccccc1)N(C)C(=O)c1cnc2c(c1)N(Cc1c(C)noc1C)C(=O)CN2. The summed E-state index contributed by atoms with van der Waals surface area (Å²) in [6.45, 7) is 6.18. The molecule has 1 aromatic carbocycles. The molecular weight excluding hydrogens is 406 g/mol. The highest BCUT2D eigenvalue weighted by Crippen LogP contribution is 2.32. The van der Waals surface area contributed by atoms with E-state index in [4.69, 9.17) is 4.52 Å². The zero-order valence-corrected chi connectivity index (χ0v) is 18.8. The third kappa shape index (κ3) is 3.95. The summed E-state index contributed by atoms with van der Waals surface area (Å²) in [7, 11) is 1.80. The summed E-state index contributed by atoms with van der Waals surface area (Å²) in [4.78, 5) is 33.9. The first-order valence-corrected chi connectivity index (χ1v) is 10.7. The molecule has 166 valence electrons. The first kappa shape index (κ1) is 21.5. The molecule has 1 unspecified atom stereocenters. The van der Waals surface area contributed by atoms with Gasteiger partial charge in [-0.05, 0) is 31.9 Å². The van der Waals surface area contributed by atoms with Crippen LogP contribution in [0.5, 0.6) is 0 Å². The minimum absolute atomic E-state index is 0.0575. The van der Waals surface area contributed by atoms with Gasteiger partial charge in [-0.2, -0.15) is 0 Å². The first-order chi connectivity index (χ1) is 15.4. The van der Waals surface area contributed by atoms with E-state index >= 15 is 0 Å². The summed E-state index contributed by atoms with van der Waals surface area (Å²) in [6.07, 6.45) is 2.34. The Morgan fingerprint density at radius 2 is 2.03 bits per heavy atom. The molecule has 0 fully saturated rings. The summed E-state index contributed by atoms with van der Waals surface area (Å²) in [5, 5.41) is 7.02. The summed E-state index contributed by atoms with van der Waals surface area (Å²) >= 11 is 0. The van der Waals surface area contributed by atoms with Crippen molar-refractivity contribution in [2.45, 2.75) is 39.8 Å². The van der Waals surface area contributed by atoms with Gasteiger partial charge in [0.25, 0.3) is 5.91 Å². The number of aryl methyl sites for hydroxylation is 2. The Kier molecular flexibility index (Phi) is 5.94. The summed E-state index contributed by atoms with van der Waals surface area (Å²) in [5.41, 5.74) is 3.68. The van der Waals surface area contributed by atoms with Crippen LogP contribution in [-0.4, -0.2) is 40.4 Å². The van der Waals surface area contributed by atoms with Crippen molar-refractivity contribution in [1.82, 2.24) is 15.0 Å². The van der Waals surface area contributed by atoms with Gasteiger partial charge >= 0.3 is 0 Å². The number of rotatable bonds is 6. The second-order valence-corrected chi connectivity index (χ2v) is 7.98. The number of amides is 2. The second kappa shape index (κ2) is 8.82. The predicted octanol–water partition coefficient (Wildman–Crippen LogP) is 3.87. The standard InChI is InChI=1S/C24H27N5O3/c1-5-20(17-9-7-6-8-10-17)28(4)24(31)18-11-21-23(25-12-18)26-13-22(30)29(21)14-19-15(2)27-32-16(19)3/h6-12,20H,5,13-14H2,1-4H3,(H,25,26). The van der Waals surface area contributed by atoms with Crippen LogP contribution in [0, 0.1) is 13.8 Å². The highest BCUT2D eigenvalue weighted by Gasteiger charge is 2.29. The number of anilines is 2. The monoisotopic (exact) mass is 433 g/mol. The van der Waals surface area contributed by atoms with E-state index in [2.05, 4.69) is 22.4 Å². The molecule has 0 aliphatic carbocycles. The minimum Gasteiger partial charge on any atom is -0.361 e. The topological polar surface area (TPSA) is 91.6 Å². The maximum absolute atomic E-state index is 13.4. The Morgan fingerprint density at radius 3 is 2.69 bits per heavy atom. The van der Waals surface area contributed by atoms with Crippen LogP contribution in [0.2, 0.25) is 0 Å². The molecule has 1 N–H and O–H groups in total. The number of hydrogen-bond donors (Lipinski definition) is 1. The lowest BCUT2D eigenvalue weighted by molar-refractivity contribution is -0.117. The smallest absolute Gasteiger partial charge is 0.255 e. The fraction of sp³-hybridized carbons (Fsp3) is 0.333. The summed E-state index contributed by atoms with van der Waals surface area (Å²) in [6, 6.07) is 11.6. The van der Waals surface area contributed by atoms with Gasteiger partial charge in [-0.3, -0.25) is 9.59 Å². The summed E-state index contributed by atoms with van der Waals surface area (Å²) < 4.78 is 5.25. The van der Waals surface area contributed by atoms with E-state index in [0.29, 0.717) is 29.4 Å². The number of aromatic nitrogens is 2. The molecule has 8 nitrogen and oxygen atoms in total. The zero-order chi connectivity index (χ0) is 22.8. The molecule has 0 bridgehead atoms. The van der Waals surface area contributed by atoms with Crippen molar-refractivity contribution in [3.63, 3.8) is 0 Å². The molecule has 3 heterocycles. The Hall–Kier alpha value is -3.68. The highest BCUT2D eigenvalue weighted by molar-refractivity contribution is 6.04. The predicted molar refractivity (Wildman–Crippen MR) is 121 cm³/mol. The normalized spacial score (nSPS) is 14.0. The van der Waals surface area contributed by atoms with Crippen molar-refractivity contribution in [2.75, 3.05) is 23.8 Å². The number of nitrogens with one attached hydrogen (secondary N) is 1. The van der Waals surface area contributed by atoms with Crippen molar-refractivity contribution in [3.8, 4) is 0 Å². The summed E-state index contributed by atoms with van der Waals surface area (Å²) in [5.74, 6) is 0.994. The average molecular weight is 434 g/mol. The number of pyridine rings is 1. The van der Waals surface area contributed by atoms with Crippen molar-refractivity contribution in [2.24, 2.45) is 0 Å². The molecule has 4 rings (SSSR count). The molecule has 1 atom stereocenters. The van der Waals surface area contributed by atoms with Crippen LogP contribution in [0.3, 0.4) is 0 Å². The Morgan fingerprint density at radius 1 is 1.28 bits per heavy atom. The number of hydrogen-bond acceptors (Lipinski definition) is 6. The molecule has 0 spiro atoms. The molecule has 1 aliphatic rings.